The minimum Gasteiger partial charge on any atom is -0.441 e. The van der Waals surface area contributed by atoms with E-state index in [9.17, 15) is 4.79 Å². The molecule has 1 aromatic carbocycles. The first-order valence-electron chi connectivity index (χ1n) is 7.63. The van der Waals surface area contributed by atoms with Crippen LogP contribution in [0.15, 0.2) is 62.4 Å². The van der Waals surface area contributed by atoms with E-state index >= 15 is 0 Å². The molecule has 0 saturated carbocycles. The quantitative estimate of drug-likeness (QED) is 0.561. The molecule has 0 spiro atoms. The number of fused-ring (bicyclic) bond motifs is 1. The number of para-hydroxylation sites is 2. The zero-order valence-corrected chi connectivity index (χ0v) is 12.8. The van der Waals surface area contributed by atoms with Gasteiger partial charge in [0.2, 0.25) is 5.82 Å². The Labute approximate surface area is 136 Å². The third-order valence-corrected chi connectivity index (χ3v) is 3.69. The summed E-state index contributed by atoms with van der Waals surface area (Å²) < 4.78 is 11.9. The Kier molecular flexibility index (Phi) is 3.66. The normalized spacial score (nSPS) is 11.2. The minimum atomic E-state index is -0.492. The fraction of sp³-hybridized carbons (Fsp3) is 0.176. The van der Waals surface area contributed by atoms with Crippen LogP contribution in [-0.4, -0.2) is 19.7 Å². The summed E-state index contributed by atoms with van der Waals surface area (Å²) in [6.07, 6.45) is 2.94. The second-order valence-corrected chi connectivity index (χ2v) is 5.32. The largest absolute Gasteiger partial charge is 0.441 e. The Morgan fingerprint density at radius 1 is 1.08 bits per heavy atom. The maximum Gasteiger partial charge on any atom is 0.441 e. The molecule has 0 N–H and O–H groups in total. The van der Waals surface area contributed by atoms with Gasteiger partial charge in [-0.05, 0) is 30.7 Å². The highest BCUT2D eigenvalue weighted by atomic mass is 16.5. The van der Waals surface area contributed by atoms with Crippen molar-refractivity contribution in [1.82, 2.24) is 19.7 Å². The third kappa shape index (κ3) is 2.71. The predicted octanol–water partition coefficient (Wildman–Crippen LogP) is 2.67. The van der Waals surface area contributed by atoms with Crippen molar-refractivity contribution in [2.45, 2.75) is 19.4 Å². The lowest BCUT2D eigenvalue weighted by molar-refractivity contribution is 0.374. The second kappa shape index (κ2) is 6.11. The molecule has 120 valence electrons. The Morgan fingerprint density at radius 3 is 2.79 bits per heavy atom. The van der Waals surface area contributed by atoms with Gasteiger partial charge in [0.15, 0.2) is 11.5 Å². The number of hydrogen-bond acceptors (Lipinski definition) is 6. The van der Waals surface area contributed by atoms with Crippen LogP contribution in [0.5, 0.6) is 0 Å². The zero-order valence-electron chi connectivity index (χ0n) is 12.8. The van der Waals surface area contributed by atoms with Crippen LogP contribution in [-0.2, 0) is 13.0 Å². The summed E-state index contributed by atoms with van der Waals surface area (Å²) in [6.45, 7) is 0.451. The highest BCUT2D eigenvalue weighted by Crippen LogP contribution is 2.17. The van der Waals surface area contributed by atoms with Gasteiger partial charge in [-0.25, -0.2) is 9.78 Å². The van der Waals surface area contributed by atoms with Crippen molar-refractivity contribution < 1.29 is 8.94 Å². The predicted molar refractivity (Wildman–Crippen MR) is 86.3 cm³/mol. The van der Waals surface area contributed by atoms with Crippen LogP contribution in [0.4, 0.5) is 0 Å². The van der Waals surface area contributed by atoms with Crippen LogP contribution in [0.2, 0.25) is 0 Å². The first kappa shape index (κ1) is 14.4. The van der Waals surface area contributed by atoms with E-state index in [2.05, 4.69) is 15.1 Å². The molecule has 7 nitrogen and oxygen atoms in total. The molecular weight excluding hydrogens is 308 g/mol. The van der Waals surface area contributed by atoms with Gasteiger partial charge in [-0.1, -0.05) is 23.4 Å². The molecular formula is C17H14N4O3. The number of aryl methyl sites for hydroxylation is 1. The summed E-state index contributed by atoms with van der Waals surface area (Å²) in [6, 6.07) is 13.1. The van der Waals surface area contributed by atoms with Crippen LogP contribution >= 0.6 is 0 Å². The van der Waals surface area contributed by atoms with Crippen molar-refractivity contribution in [2.75, 3.05) is 0 Å². The van der Waals surface area contributed by atoms with Crippen LogP contribution in [0.3, 0.4) is 0 Å². The number of rotatable bonds is 5. The fourth-order valence-electron chi connectivity index (χ4n) is 2.56. The molecule has 4 rings (SSSR count). The van der Waals surface area contributed by atoms with Gasteiger partial charge < -0.3 is 4.42 Å². The topological polar surface area (TPSA) is 87.0 Å². The van der Waals surface area contributed by atoms with E-state index in [0.29, 0.717) is 36.8 Å². The van der Waals surface area contributed by atoms with Crippen LogP contribution < -0.4 is 5.76 Å². The second-order valence-electron chi connectivity index (χ2n) is 5.32. The number of nitrogens with zero attached hydrogens (tertiary/aromatic N) is 4. The van der Waals surface area contributed by atoms with E-state index in [1.165, 1.54) is 4.57 Å². The van der Waals surface area contributed by atoms with E-state index in [-0.39, 0.29) is 0 Å². The van der Waals surface area contributed by atoms with Crippen molar-refractivity contribution >= 4 is 11.1 Å². The van der Waals surface area contributed by atoms with Crippen LogP contribution in [0, 0.1) is 0 Å². The van der Waals surface area contributed by atoms with Crippen molar-refractivity contribution in [3.8, 4) is 11.5 Å². The SMILES string of the molecule is O=c1onc(-c2ccccn2)n1CCCc1nc2ccccc2o1. The molecule has 24 heavy (non-hydrogen) atoms. The van der Waals surface area contributed by atoms with E-state index in [1.54, 1.807) is 18.3 Å². The molecule has 0 aliphatic carbocycles. The van der Waals surface area contributed by atoms with Gasteiger partial charge in [-0.2, -0.15) is 0 Å². The Balaban J connectivity index is 1.50. The minimum absolute atomic E-state index is 0.429. The molecule has 7 heteroatoms. The highest BCUT2D eigenvalue weighted by molar-refractivity contribution is 5.72. The van der Waals surface area contributed by atoms with Crippen molar-refractivity contribution in [3.63, 3.8) is 0 Å². The number of benzene rings is 1. The number of oxazole rings is 1. The molecule has 0 aliphatic heterocycles. The van der Waals surface area contributed by atoms with Gasteiger partial charge in [0, 0.05) is 19.2 Å². The van der Waals surface area contributed by atoms with E-state index in [0.717, 1.165) is 11.1 Å². The van der Waals surface area contributed by atoms with E-state index < -0.39 is 5.76 Å². The van der Waals surface area contributed by atoms with Crippen LogP contribution in [0.1, 0.15) is 12.3 Å². The average Bonchev–Trinajstić information content (AvgIpc) is 3.19. The average molecular weight is 322 g/mol. The standard InChI is InChI=1S/C17H14N4O3/c22-17-21(16(20-24-17)13-7-3-4-10-18-13)11-5-9-15-19-12-6-1-2-8-14(12)23-15/h1-4,6-8,10H,5,9,11H2. The molecule has 3 heterocycles. The van der Waals surface area contributed by atoms with Crippen molar-refractivity contribution in [1.29, 1.82) is 0 Å². The molecule has 0 saturated heterocycles. The van der Waals surface area contributed by atoms with E-state index in [4.69, 9.17) is 8.94 Å². The van der Waals surface area contributed by atoms with Gasteiger partial charge in [-0.3, -0.25) is 14.1 Å². The molecule has 0 bridgehead atoms. The summed E-state index contributed by atoms with van der Waals surface area (Å²) >= 11 is 0. The summed E-state index contributed by atoms with van der Waals surface area (Å²) in [5.41, 5.74) is 2.21. The number of aromatic nitrogens is 4. The summed E-state index contributed by atoms with van der Waals surface area (Å²) in [5.74, 6) is 0.589. The van der Waals surface area contributed by atoms with E-state index in [1.807, 2.05) is 30.3 Å². The third-order valence-electron chi connectivity index (χ3n) is 3.69. The lowest BCUT2D eigenvalue weighted by Gasteiger charge is -2.02. The lowest BCUT2D eigenvalue weighted by atomic mass is 10.3. The van der Waals surface area contributed by atoms with Gasteiger partial charge in [0.1, 0.15) is 11.2 Å². The first-order valence-corrected chi connectivity index (χ1v) is 7.63. The monoisotopic (exact) mass is 322 g/mol. The number of pyridine rings is 1. The van der Waals surface area contributed by atoms with Gasteiger partial charge in [-0.15, -0.1) is 0 Å². The molecule has 0 fully saturated rings. The molecule has 0 unspecified atom stereocenters. The smallest absolute Gasteiger partial charge is 0.441 e. The Bertz CT molecular complexity index is 984. The molecule has 0 radical (unpaired) electrons. The Morgan fingerprint density at radius 2 is 1.96 bits per heavy atom. The van der Waals surface area contributed by atoms with Gasteiger partial charge in [0.25, 0.3) is 0 Å². The van der Waals surface area contributed by atoms with Crippen molar-refractivity contribution in [2.24, 2.45) is 0 Å². The highest BCUT2D eigenvalue weighted by Gasteiger charge is 2.14. The van der Waals surface area contributed by atoms with Crippen molar-refractivity contribution in [3.05, 3.63) is 65.1 Å². The molecule has 4 aromatic rings. The Hall–Kier alpha value is -3.22. The van der Waals surface area contributed by atoms with Crippen LogP contribution in [0.25, 0.3) is 22.6 Å². The summed E-state index contributed by atoms with van der Waals surface area (Å²) in [7, 11) is 0. The van der Waals surface area contributed by atoms with Gasteiger partial charge >= 0.3 is 5.76 Å². The lowest BCUT2D eigenvalue weighted by Crippen LogP contribution is -2.16. The maximum atomic E-state index is 11.9. The molecule has 0 amide bonds. The fourth-order valence-corrected chi connectivity index (χ4v) is 2.56. The summed E-state index contributed by atoms with van der Waals surface area (Å²) in [5, 5.41) is 3.82. The molecule has 3 aromatic heterocycles. The maximum absolute atomic E-state index is 11.9. The first-order chi connectivity index (χ1) is 11.8. The van der Waals surface area contributed by atoms with Gasteiger partial charge in [0.05, 0.1) is 0 Å². The number of hydrogen-bond donors (Lipinski definition) is 0. The summed E-state index contributed by atoms with van der Waals surface area (Å²) in [4.78, 5) is 20.5. The molecule has 0 aliphatic rings. The molecule has 0 atom stereocenters. The zero-order chi connectivity index (χ0) is 16.4.